The molecular formula is C13H20N2O2. The van der Waals surface area contributed by atoms with E-state index in [1.165, 1.54) is 25.0 Å². The third kappa shape index (κ3) is 4.76. The van der Waals surface area contributed by atoms with Crippen LogP contribution in [-0.2, 0) is 0 Å². The Labute approximate surface area is 102 Å². The summed E-state index contributed by atoms with van der Waals surface area (Å²) in [6, 6.07) is 4.65. The van der Waals surface area contributed by atoms with Gasteiger partial charge in [-0.05, 0) is 18.6 Å². The third-order valence-electron chi connectivity index (χ3n) is 2.47. The van der Waals surface area contributed by atoms with E-state index < -0.39 is 0 Å². The number of benzene rings is 1. The van der Waals surface area contributed by atoms with Crippen molar-refractivity contribution in [1.29, 1.82) is 5.41 Å². The molecule has 94 valence electrons. The second kappa shape index (κ2) is 6.78. The van der Waals surface area contributed by atoms with E-state index in [1.54, 1.807) is 6.07 Å². The topological polar surface area (TPSA) is 79.3 Å². The van der Waals surface area contributed by atoms with E-state index in [1.807, 2.05) is 0 Å². The van der Waals surface area contributed by atoms with E-state index in [4.69, 9.17) is 15.9 Å². The first-order chi connectivity index (χ1) is 8.13. The molecule has 4 heteroatoms. The Morgan fingerprint density at radius 3 is 2.71 bits per heavy atom. The molecule has 0 saturated heterocycles. The summed E-state index contributed by atoms with van der Waals surface area (Å²) < 4.78 is 5.51. The molecule has 0 spiro atoms. The highest BCUT2D eigenvalue weighted by Crippen LogP contribution is 2.21. The maximum absolute atomic E-state index is 9.45. The molecule has 0 amide bonds. The molecule has 17 heavy (non-hydrogen) atoms. The van der Waals surface area contributed by atoms with Gasteiger partial charge in [-0.3, -0.25) is 5.41 Å². The molecule has 0 fully saturated rings. The van der Waals surface area contributed by atoms with Crippen molar-refractivity contribution in [1.82, 2.24) is 0 Å². The van der Waals surface area contributed by atoms with Gasteiger partial charge >= 0.3 is 0 Å². The Kier molecular flexibility index (Phi) is 5.33. The van der Waals surface area contributed by atoms with Gasteiger partial charge in [-0.1, -0.05) is 26.2 Å². The molecule has 4 nitrogen and oxygen atoms in total. The average Bonchev–Trinajstić information content (AvgIpc) is 2.28. The van der Waals surface area contributed by atoms with Gasteiger partial charge in [0.2, 0.25) is 0 Å². The minimum absolute atomic E-state index is 0.0706. The molecule has 0 atom stereocenters. The Bertz CT molecular complexity index is 378. The molecule has 0 heterocycles. The van der Waals surface area contributed by atoms with Crippen molar-refractivity contribution in [2.24, 2.45) is 5.73 Å². The van der Waals surface area contributed by atoms with Crippen LogP contribution in [-0.4, -0.2) is 17.5 Å². The normalized spacial score (nSPS) is 10.2. The number of phenols is 1. The van der Waals surface area contributed by atoms with Crippen molar-refractivity contribution in [2.45, 2.75) is 32.6 Å². The number of hydrogen-bond acceptors (Lipinski definition) is 3. The summed E-state index contributed by atoms with van der Waals surface area (Å²) in [6.07, 6.45) is 4.55. The summed E-state index contributed by atoms with van der Waals surface area (Å²) >= 11 is 0. The number of rotatable bonds is 7. The van der Waals surface area contributed by atoms with Gasteiger partial charge in [0.15, 0.2) is 0 Å². The fourth-order valence-corrected chi connectivity index (χ4v) is 1.54. The summed E-state index contributed by atoms with van der Waals surface area (Å²) in [5.74, 6) is 0.560. The van der Waals surface area contributed by atoms with Gasteiger partial charge in [0.25, 0.3) is 0 Å². The predicted molar refractivity (Wildman–Crippen MR) is 68.8 cm³/mol. The van der Waals surface area contributed by atoms with Gasteiger partial charge in [0.05, 0.1) is 6.61 Å². The Hall–Kier alpha value is -1.71. The molecule has 4 N–H and O–H groups in total. The van der Waals surface area contributed by atoms with Crippen molar-refractivity contribution in [3.05, 3.63) is 23.8 Å². The summed E-state index contributed by atoms with van der Waals surface area (Å²) in [7, 11) is 0. The molecule has 0 radical (unpaired) electrons. The minimum atomic E-state index is -0.0725. The highest BCUT2D eigenvalue weighted by Gasteiger charge is 2.03. The Morgan fingerprint density at radius 2 is 2.06 bits per heavy atom. The third-order valence-corrected chi connectivity index (χ3v) is 2.47. The van der Waals surface area contributed by atoms with Crippen molar-refractivity contribution < 1.29 is 9.84 Å². The second-order valence-electron chi connectivity index (χ2n) is 4.04. The smallest absolute Gasteiger partial charge is 0.123 e. The molecule has 0 aromatic heterocycles. The van der Waals surface area contributed by atoms with Crippen LogP contribution in [0.3, 0.4) is 0 Å². The standard InChI is InChI=1S/C13H20N2O2/c1-2-3-4-5-6-17-12-8-10(13(14)15)7-11(16)9-12/h7-9,16H,2-6H2,1H3,(H3,14,15). The molecule has 0 aliphatic heterocycles. The number of phenolic OH excluding ortho intramolecular Hbond substituents is 1. The molecule has 1 aromatic carbocycles. The predicted octanol–water partition coefficient (Wildman–Crippen LogP) is 2.64. The van der Waals surface area contributed by atoms with E-state index in [2.05, 4.69) is 6.92 Å². The van der Waals surface area contributed by atoms with Crippen molar-refractivity contribution in [3.8, 4) is 11.5 Å². The number of amidine groups is 1. The zero-order chi connectivity index (χ0) is 12.7. The highest BCUT2D eigenvalue weighted by molar-refractivity contribution is 5.95. The zero-order valence-electron chi connectivity index (χ0n) is 10.2. The first-order valence-electron chi connectivity index (χ1n) is 5.94. The number of nitrogens with one attached hydrogen (secondary N) is 1. The molecule has 0 aliphatic carbocycles. The molecule has 0 aliphatic rings. The number of ether oxygens (including phenoxy) is 1. The first kappa shape index (κ1) is 13.4. The monoisotopic (exact) mass is 236 g/mol. The van der Waals surface area contributed by atoms with Crippen molar-refractivity contribution >= 4 is 5.84 Å². The van der Waals surface area contributed by atoms with Crippen LogP contribution in [0.1, 0.15) is 38.2 Å². The average molecular weight is 236 g/mol. The lowest BCUT2D eigenvalue weighted by Crippen LogP contribution is -2.11. The van der Waals surface area contributed by atoms with E-state index in [0.717, 1.165) is 12.8 Å². The van der Waals surface area contributed by atoms with Crippen molar-refractivity contribution in [2.75, 3.05) is 6.61 Å². The van der Waals surface area contributed by atoms with Crippen LogP contribution in [0.5, 0.6) is 11.5 Å². The molecule has 0 saturated carbocycles. The molecular weight excluding hydrogens is 216 g/mol. The lowest BCUT2D eigenvalue weighted by molar-refractivity contribution is 0.303. The van der Waals surface area contributed by atoms with Crippen molar-refractivity contribution in [3.63, 3.8) is 0 Å². The van der Waals surface area contributed by atoms with Crippen LogP contribution in [0.2, 0.25) is 0 Å². The van der Waals surface area contributed by atoms with Gasteiger partial charge < -0.3 is 15.6 Å². The largest absolute Gasteiger partial charge is 0.508 e. The van der Waals surface area contributed by atoms with Crippen LogP contribution in [0.4, 0.5) is 0 Å². The van der Waals surface area contributed by atoms with Gasteiger partial charge in [-0.2, -0.15) is 0 Å². The lowest BCUT2D eigenvalue weighted by Gasteiger charge is -2.08. The Morgan fingerprint density at radius 1 is 1.29 bits per heavy atom. The number of nitrogen functional groups attached to an aromatic ring is 1. The van der Waals surface area contributed by atoms with Crippen LogP contribution < -0.4 is 10.5 Å². The number of aromatic hydroxyl groups is 1. The SMILES string of the molecule is CCCCCCOc1cc(O)cc(C(=N)N)c1. The number of nitrogens with two attached hydrogens (primary N) is 1. The minimum Gasteiger partial charge on any atom is -0.508 e. The van der Waals surface area contributed by atoms with Gasteiger partial charge in [0.1, 0.15) is 17.3 Å². The van der Waals surface area contributed by atoms with Gasteiger partial charge in [-0.15, -0.1) is 0 Å². The fraction of sp³-hybridized carbons (Fsp3) is 0.462. The maximum atomic E-state index is 9.45. The quantitative estimate of drug-likeness (QED) is 0.387. The number of unbranched alkanes of at least 4 members (excludes halogenated alkanes) is 3. The number of hydrogen-bond donors (Lipinski definition) is 3. The van der Waals surface area contributed by atoms with Gasteiger partial charge in [-0.25, -0.2) is 0 Å². The highest BCUT2D eigenvalue weighted by atomic mass is 16.5. The summed E-state index contributed by atoms with van der Waals surface area (Å²) in [4.78, 5) is 0. The molecule has 1 aromatic rings. The lowest BCUT2D eigenvalue weighted by atomic mass is 10.2. The Balaban J connectivity index is 2.50. The zero-order valence-corrected chi connectivity index (χ0v) is 10.2. The summed E-state index contributed by atoms with van der Waals surface area (Å²) in [5.41, 5.74) is 5.84. The van der Waals surface area contributed by atoms with E-state index in [0.29, 0.717) is 17.9 Å². The van der Waals surface area contributed by atoms with E-state index >= 15 is 0 Å². The van der Waals surface area contributed by atoms with Crippen LogP contribution in [0.15, 0.2) is 18.2 Å². The van der Waals surface area contributed by atoms with E-state index in [9.17, 15) is 5.11 Å². The van der Waals surface area contributed by atoms with Crippen LogP contribution >= 0.6 is 0 Å². The maximum Gasteiger partial charge on any atom is 0.123 e. The van der Waals surface area contributed by atoms with Crippen LogP contribution in [0.25, 0.3) is 0 Å². The fourth-order valence-electron chi connectivity index (χ4n) is 1.54. The molecule has 0 unspecified atom stereocenters. The summed E-state index contributed by atoms with van der Waals surface area (Å²) in [5, 5.41) is 16.8. The second-order valence-corrected chi connectivity index (χ2v) is 4.04. The summed E-state index contributed by atoms with van der Waals surface area (Å²) in [6.45, 7) is 2.79. The molecule has 0 bridgehead atoms. The molecule has 1 rings (SSSR count). The van der Waals surface area contributed by atoms with Crippen LogP contribution in [0, 0.1) is 5.41 Å². The van der Waals surface area contributed by atoms with Gasteiger partial charge in [0, 0.05) is 11.6 Å². The van der Waals surface area contributed by atoms with E-state index in [-0.39, 0.29) is 11.6 Å². The first-order valence-corrected chi connectivity index (χ1v) is 5.94.